The minimum Gasteiger partial charge on any atom is -0.497 e. The molecule has 0 aliphatic heterocycles. The van der Waals surface area contributed by atoms with E-state index in [0.29, 0.717) is 0 Å². The van der Waals surface area contributed by atoms with E-state index in [1.165, 1.54) is 0 Å². The number of hydrogen-bond acceptors (Lipinski definition) is 6. The van der Waals surface area contributed by atoms with Crippen LogP contribution < -0.4 is 4.74 Å². The smallest absolute Gasteiger partial charge is 0.154 e. The van der Waals surface area contributed by atoms with Crippen molar-refractivity contribution < 1.29 is 9.84 Å². The number of imidazole rings is 1. The molecule has 4 rings (SSSR count). The van der Waals surface area contributed by atoms with E-state index in [-0.39, 0.29) is 0 Å². The SMILES string of the molecule is CO.COc1ccc2sc(-c3cn4nc(C)ccc4n3)nc2c1. The Labute approximate surface area is 137 Å². The molecule has 6 nitrogen and oxygen atoms in total. The van der Waals surface area contributed by atoms with Gasteiger partial charge in [-0.15, -0.1) is 11.3 Å². The van der Waals surface area contributed by atoms with E-state index in [2.05, 4.69) is 15.1 Å². The van der Waals surface area contributed by atoms with Crippen molar-refractivity contribution in [3.63, 3.8) is 0 Å². The molecule has 23 heavy (non-hydrogen) atoms. The number of hydrogen-bond donors (Lipinski definition) is 1. The van der Waals surface area contributed by atoms with Crippen LogP contribution in [-0.4, -0.2) is 38.9 Å². The zero-order valence-corrected chi connectivity index (χ0v) is 13.8. The highest BCUT2D eigenvalue weighted by molar-refractivity contribution is 7.21. The molecule has 0 radical (unpaired) electrons. The van der Waals surface area contributed by atoms with E-state index in [9.17, 15) is 0 Å². The van der Waals surface area contributed by atoms with Crippen molar-refractivity contribution in [3.8, 4) is 16.5 Å². The standard InChI is InChI=1S/C15H12N4OS.CH4O/c1-9-3-6-14-16-12(8-19(14)18-9)15-17-11-7-10(20-2)4-5-13(11)21-15;1-2/h3-8H,1-2H3;2H,1H3. The Hall–Kier alpha value is -2.51. The lowest BCUT2D eigenvalue weighted by molar-refractivity contribution is 0.399. The molecule has 3 heterocycles. The first kappa shape index (κ1) is 15.4. The Morgan fingerprint density at radius 3 is 2.74 bits per heavy atom. The molecule has 0 saturated carbocycles. The molecule has 0 fully saturated rings. The van der Waals surface area contributed by atoms with Gasteiger partial charge in [0.25, 0.3) is 0 Å². The maximum atomic E-state index is 7.00. The second-order valence-corrected chi connectivity index (χ2v) is 5.79. The summed E-state index contributed by atoms with van der Waals surface area (Å²) >= 11 is 1.62. The van der Waals surface area contributed by atoms with Crippen LogP contribution in [-0.2, 0) is 0 Å². The molecule has 4 aromatic rings. The molecule has 0 bridgehead atoms. The first-order chi connectivity index (χ1) is 11.2. The summed E-state index contributed by atoms with van der Waals surface area (Å²) in [6, 6.07) is 9.82. The molecular formula is C16H16N4O2S. The van der Waals surface area contributed by atoms with Gasteiger partial charge < -0.3 is 9.84 Å². The number of aliphatic hydroxyl groups is 1. The number of methoxy groups -OCH3 is 1. The molecule has 0 atom stereocenters. The monoisotopic (exact) mass is 328 g/mol. The number of benzene rings is 1. The minimum absolute atomic E-state index is 0.812. The third kappa shape index (κ3) is 2.88. The highest BCUT2D eigenvalue weighted by atomic mass is 32.1. The van der Waals surface area contributed by atoms with Gasteiger partial charge in [0.15, 0.2) is 5.65 Å². The molecule has 0 saturated heterocycles. The molecule has 1 aromatic carbocycles. The number of thiazole rings is 1. The molecule has 3 aromatic heterocycles. The quantitative estimate of drug-likeness (QED) is 0.612. The van der Waals surface area contributed by atoms with Crippen LogP contribution in [0.2, 0.25) is 0 Å². The van der Waals surface area contributed by atoms with Crippen molar-refractivity contribution in [2.45, 2.75) is 6.92 Å². The number of ether oxygens (including phenoxy) is 1. The average molecular weight is 328 g/mol. The van der Waals surface area contributed by atoms with Gasteiger partial charge >= 0.3 is 0 Å². The number of aliphatic hydroxyl groups excluding tert-OH is 1. The van der Waals surface area contributed by atoms with Gasteiger partial charge in [-0.2, -0.15) is 5.10 Å². The van der Waals surface area contributed by atoms with Crippen LogP contribution in [0.25, 0.3) is 26.6 Å². The summed E-state index contributed by atoms with van der Waals surface area (Å²) in [5.41, 5.74) is 3.55. The van der Waals surface area contributed by atoms with Gasteiger partial charge in [-0.05, 0) is 31.2 Å². The number of fused-ring (bicyclic) bond motifs is 2. The first-order valence-corrected chi connectivity index (χ1v) is 7.77. The van der Waals surface area contributed by atoms with E-state index in [4.69, 9.17) is 9.84 Å². The lowest BCUT2D eigenvalue weighted by Gasteiger charge is -1.96. The third-order valence-electron chi connectivity index (χ3n) is 3.27. The van der Waals surface area contributed by atoms with Gasteiger partial charge in [0, 0.05) is 13.2 Å². The Morgan fingerprint density at radius 2 is 1.96 bits per heavy atom. The van der Waals surface area contributed by atoms with Crippen molar-refractivity contribution in [2.24, 2.45) is 0 Å². The molecular weight excluding hydrogens is 312 g/mol. The van der Waals surface area contributed by atoms with Crippen LogP contribution in [0.15, 0.2) is 36.5 Å². The van der Waals surface area contributed by atoms with E-state index < -0.39 is 0 Å². The first-order valence-electron chi connectivity index (χ1n) is 6.96. The summed E-state index contributed by atoms with van der Waals surface area (Å²) in [7, 11) is 2.66. The molecule has 118 valence electrons. The summed E-state index contributed by atoms with van der Waals surface area (Å²) < 4.78 is 8.14. The zero-order chi connectivity index (χ0) is 16.4. The van der Waals surface area contributed by atoms with Gasteiger partial charge in [-0.3, -0.25) is 0 Å². The summed E-state index contributed by atoms with van der Waals surface area (Å²) in [6.07, 6.45) is 1.91. The number of aryl methyl sites for hydroxylation is 1. The van der Waals surface area contributed by atoms with Gasteiger partial charge in [-0.25, -0.2) is 14.5 Å². The molecule has 0 amide bonds. The topological polar surface area (TPSA) is 72.5 Å². The lowest BCUT2D eigenvalue weighted by atomic mass is 10.3. The van der Waals surface area contributed by atoms with Crippen molar-refractivity contribution in [3.05, 3.63) is 42.2 Å². The highest BCUT2D eigenvalue weighted by Crippen LogP contribution is 2.31. The van der Waals surface area contributed by atoms with Gasteiger partial charge in [-0.1, -0.05) is 0 Å². The van der Waals surface area contributed by atoms with Crippen LogP contribution in [0.4, 0.5) is 0 Å². The minimum atomic E-state index is 0.812. The maximum absolute atomic E-state index is 7.00. The predicted molar refractivity (Wildman–Crippen MR) is 91.0 cm³/mol. The summed E-state index contributed by atoms with van der Waals surface area (Å²) in [4.78, 5) is 9.22. The van der Waals surface area contributed by atoms with Crippen LogP contribution in [0.5, 0.6) is 5.75 Å². The lowest BCUT2D eigenvalue weighted by Crippen LogP contribution is -1.91. The number of rotatable bonds is 2. The zero-order valence-electron chi connectivity index (χ0n) is 13.0. The van der Waals surface area contributed by atoms with E-state index >= 15 is 0 Å². The fourth-order valence-corrected chi connectivity index (χ4v) is 3.12. The Balaban J connectivity index is 0.000000753. The van der Waals surface area contributed by atoms with E-state index in [0.717, 1.165) is 45.1 Å². The van der Waals surface area contributed by atoms with E-state index in [1.807, 2.05) is 43.5 Å². The maximum Gasteiger partial charge on any atom is 0.154 e. The largest absolute Gasteiger partial charge is 0.497 e. The molecule has 0 aliphatic rings. The molecule has 0 aliphatic carbocycles. The predicted octanol–water partition coefficient (Wildman–Crippen LogP) is 2.93. The van der Waals surface area contributed by atoms with Crippen LogP contribution in [0.3, 0.4) is 0 Å². The summed E-state index contributed by atoms with van der Waals surface area (Å²) in [5, 5.41) is 12.3. The van der Waals surface area contributed by atoms with Crippen molar-refractivity contribution in [1.82, 2.24) is 19.6 Å². The fourth-order valence-electron chi connectivity index (χ4n) is 2.22. The Morgan fingerprint density at radius 1 is 1.13 bits per heavy atom. The number of aromatic nitrogens is 4. The Bertz CT molecular complexity index is 961. The summed E-state index contributed by atoms with van der Waals surface area (Å²) in [6.45, 7) is 1.96. The second-order valence-electron chi connectivity index (χ2n) is 4.76. The highest BCUT2D eigenvalue weighted by Gasteiger charge is 2.11. The van der Waals surface area contributed by atoms with Crippen molar-refractivity contribution >= 4 is 27.2 Å². The fraction of sp³-hybridized carbons (Fsp3) is 0.188. The van der Waals surface area contributed by atoms with Crippen LogP contribution in [0, 0.1) is 6.92 Å². The molecule has 7 heteroatoms. The van der Waals surface area contributed by atoms with Gasteiger partial charge in [0.2, 0.25) is 0 Å². The van der Waals surface area contributed by atoms with Gasteiger partial charge in [0.1, 0.15) is 16.5 Å². The molecule has 0 spiro atoms. The average Bonchev–Trinajstić information content (AvgIpc) is 3.18. The summed E-state index contributed by atoms with van der Waals surface area (Å²) in [5.74, 6) is 0.812. The van der Waals surface area contributed by atoms with Crippen molar-refractivity contribution in [1.29, 1.82) is 0 Å². The Kier molecular flexibility index (Phi) is 4.22. The normalized spacial score (nSPS) is 10.6. The second kappa shape index (κ2) is 6.31. The third-order valence-corrected chi connectivity index (χ3v) is 4.33. The van der Waals surface area contributed by atoms with Crippen LogP contribution >= 0.6 is 11.3 Å². The van der Waals surface area contributed by atoms with Gasteiger partial charge in [0.05, 0.1) is 29.2 Å². The molecule has 1 N–H and O–H groups in total. The van der Waals surface area contributed by atoms with Crippen LogP contribution in [0.1, 0.15) is 5.69 Å². The van der Waals surface area contributed by atoms with E-state index in [1.54, 1.807) is 23.0 Å². The molecule has 0 unspecified atom stereocenters. The number of nitrogens with zero attached hydrogens (tertiary/aromatic N) is 4. The van der Waals surface area contributed by atoms with Crippen molar-refractivity contribution in [2.75, 3.05) is 14.2 Å².